The lowest BCUT2D eigenvalue weighted by Crippen LogP contribution is -2.26. The van der Waals surface area contributed by atoms with E-state index in [1.165, 1.54) is 33.0 Å². The van der Waals surface area contributed by atoms with E-state index in [1.54, 1.807) is 11.8 Å². The Morgan fingerprint density at radius 3 is 2.61 bits per heavy atom. The first-order chi connectivity index (χ1) is 11.2. The van der Waals surface area contributed by atoms with Crippen LogP contribution in [0.3, 0.4) is 0 Å². The van der Waals surface area contributed by atoms with Gasteiger partial charge in [0.2, 0.25) is 0 Å². The van der Waals surface area contributed by atoms with Gasteiger partial charge in [-0.2, -0.15) is 5.10 Å². The van der Waals surface area contributed by atoms with Crippen LogP contribution in [0, 0.1) is 13.8 Å². The van der Waals surface area contributed by atoms with Crippen LogP contribution in [0.25, 0.3) is 11.3 Å². The molecular weight excluding hydrogens is 302 g/mol. The van der Waals surface area contributed by atoms with Gasteiger partial charge in [-0.3, -0.25) is 0 Å². The highest BCUT2D eigenvalue weighted by atomic mass is 32.2. The third-order valence-corrected chi connectivity index (χ3v) is 5.11. The number of hydrogen-bond donors (Lipinski definition) is 1. The third-order valence-electron chi connectivity index (χ3n) is 4.36. The van der Waals surface area contributed by atoms with Crippen LogP contribution in [0.2, 0.25) is 0 Å². The molecule has 0 amide bonds. The van der Waals surface area contributed by atoms with Gasteiger partial charge < -0.3 is 5.32 Å². The normalized spacial score (nSPS) is 15.7. The van der Waals surface area contributed by atoms with Crippen molar-refractivity contribution in [2.24, 2.45) is 0 Å². The van der Waals surface area contributed by atoms with Crippen molar-refractivity contribution in [1.29, 1.82) is 0 Å². The van der Waals surface area contributed by atoms with Crippen molar-refractivity contribution >= 4 is 17.4 Å². The maximum atomic E-state index is 4.73. The molecule has 2 aromatic carbocycles. The highest BCUT2D eigenvalue weighted by Crippen LogP contribution is 2.40. The zero-order chi connectivity index (χ0) is 16.0. The molecule has 1 atom stereocenters. The first kappa shape index (κ1) is 14.4. The largest absolute Gasteiger partial charge is 0.359 e. The van der Waals surface area contributed by atoms with E-state index in [0.29, 0.717) is 0 Å². The lowest BCUT2D eigenvalue weighted by molar-refractivity contribution is 0.570. The molecule has 3 aromatic rings. The molecular formula is C19H19N3S. The Kier molecular flexibility index (Phi) is 3.42. The quantitative estimate of drug-likeness (QED) is 0.684. The van der Waals surface area contributed by atoms with Crippen molar-refractivity contribution in [3.8, 4) is 11.3 Å². The van der Waals surface area contributed by atoms with Crippen LogP contribution in [0.1, 0.15) is 23.0 Å². The van der Waals surface area contributed by atoms with Gasteiger partial charge in [-0.1, -0.05) is 30.3 Å². The van der Waals surface area contributed by atoms with E-state index in [2.05, 4.69) is 78.6 Å². The average Bonchev–Trinajstić information content (AvgIpc) is 2.96. The second kappa shape index (κ2) is 5.46. The molecule has 3 nitrogen and oxygen atoms in total. The van der Waals surface area contributed by atoms with Crippen molar-refractivity contribution < 1.29 is 0 Å². The van der Waals surface area contributed by atoms with Crippen LogP contribution >= 0.6 is 11.8 Å². The molecule has 4 rings (SSSR count). The topological polar surface area (TPSA) is 29.9 Å². The number of rotatable bonds is 2. The summed E-state index contributed by atoms with van der Waals surface area (Å²) in [5.41, 5.74) is 7.14. The maximum absolute atomic E-state index is 4.73. The number of nitrogens with zero attached hydrogens (tertiary/aromatic N) is 2. The molecule has 1 aliphatic rings. The van der Waals surface area contributed by atoms with Gasteiger partial charge in [0.25, 0.3) is 0 Å². The zero-order valence-electron chi connectivity index (χ0n) is 13.5. The van der Waals surface area contributed by atoms with Crippen LogP contribution in [0.15, 0.2) is 53.4 Å². The van der Waals surface area contributed by atoms with E-state index in [0.717, 1.165) is 5.69 Å². The Morgan fingerprint density at radius 1 is 1.09 bits per heavy atom. The molecule has 1 aromatic heterocycles. The summed E-state index contributed by atoms with van der Waals surface area (Å²) >= 11 is 1.76. The molecule has 0 unspecified atom stereocenters. The first-order valence-electron chi connectivity index (χ1n) is 7.74. The Bertz CT molecular complexity index is 865. The number of para-hydroxylation sites is 1. The summed E-state index contributed by atoms with van der Waals surface area (Å²) in [6.07, 6.45) is 2.13. The summed E-state index contributed by atoms with van der Waals surface area (Å²) in [7, 11) is 0. The third kappa shape index (κ3) is 2.34. The molecule has 0 spiro atoms. The molecule has 116 valence electrons. The number of benzene rings is 2. The standard InChI is InChI=1S/C19H19N3S/c1-12-5-4-6-16-17-11-13(2)21-22(17)19(20-18(12)16)14-7-9-15(23-3)10-8-14/h4-11,19-20H,1-3H3/t19-/m0/s1. The molecule has 23 heavy (non-hydrogen) atoms. The van der Waals surface area contributed by atoms with Gasteiger partial charge in [-0.25, -0.2) is 4.68 Å². The summed E-state index contributed by atoms with van der Waals surface area (Å²) in [5.74, 6) is 0. The smallest absolute Gasteiger partial charge is 0.147 e. The van der Waals surface area contributed by atoms with E-state index >= 15 is 0 Å². The van der Waals surface area contributed by atoms with Crippen molar-refractivity contribution in [2.45, 2.75) is 24.9 Å². The maximum Gasteiger partial charge on any atom is 0.147 e. The fourth-order valence-corrected chi connectivity index (χ4v) is 3.60. The van der Waals surface area contributed by atoms with Crippen molar-refractivity contribution in [3.63, 3.8) is 0 Å². The van der Waals surface area contributed by atoms with Gasteiger partial charge in [0.05, 0.1) is 11.4 Å². The lowest BCUT2D eigenvalue weighted by atomic mass is 10.0. The number of anilines is 1. The first-order valence-corrected chi connectivity index (χ1v) is 8.96. The minimum Gasteiger partial charge on any atom is -0.359 e. The fourth-order valence-electron chi connectivity index (χ4n) is 3.20. The number of hydrogen-bond acceptors (Lipinski definition) is 3. The summed E-state index contributed by atoms with van der Waals surface area (Å²) in [5, 5.41) is 8.41. The molecule has 0 saturated carbocycles. The van der Waals surface area contributed by atoms with Crippen molar-refractivity contribution in [2.75, 3.05) is 11.6 Å². The van der Waals surface area contributed by atoms with Gasteiger partial charge in [-0.15, -0.1) is 11.8 Å². The highest BCUT2D eigenvalue weighted by Gasteiger charge is 2.27. The van der Waals surface area contributed by atoms with Crippen molar-refractivity contribution in [1.82, 2.24) is 9.78 Å². The lowest BCUT2D eigenvalue weighted by Gasteiger charge is -2.30. The molecule has 0 fully saturated rings. The predicted octanol–water partition coefficient (Wildman–Crippen LogP) is 4.86. The Labute approximate surface area is 140 Å². The van der Waals surface area contributed by atoms with E-state index in [9.17, 15) is 0 Å². The number of aromatic nitrogens is 2. The van der Waals surface area contributed by atoms with Crippen LogP contribution in [-0.2, 0) is 0 Å². The summed E-state index contributed by atoms with van der Waals surface area (Å²) in [6.45, 7) is 4.20. The van der Waals surface area contributed by atoms with Crippen LogP contribution in [0.5, 0.6) is 0 Å². The second-order valence-electron chi connectivity index (χ2n) is 5.93. The highest BCUT2D eigenvalue weighted by molar-refractivity contribution is 7.98. The molecule has 0 radical (unpaired) electrons. The Balaban J connectivity index is 1.87. The summed E-state index contributed by atoms with van der Waals surface area (Å²) in [6, 6.07) is 17.3. The molecule has 2 heterocycles. The van der Waals surface area contributed by atoms with E-state index in [-0.39, 0.29) is 6.17 Å². The number of thioether (sulfide) groups is 1. The second-order valence-corrected chi connectivity index (χ2v) is 6.81. The number of aryl methyl sites for hydroxylation is 2. The summed E-state index contributed by atoms with van der Waals surface area (Å²) < 4.78 is 2.10. The molecule has 4 heteroatoms. The van der Waals surface area contributed by atoms with Crippen LogP contribution in [0.4, 0.5) is 5.69 Å². The van der Waals surface area contributed by atoms with Crippen LogP contribution < -0.4 is 5.32 Å². The summed E-state index contributed by atoms with van der Waals surface area (Å²) in [4.78, 5) is 1.28. The fraction of sp³-hybridized carbons (Fsp3) is 0.211. The molecule has 0 saturated heterocycles. The van der Waals surface area contributed by atoms with Gasteiger partial charge in [0.1, 0.15) is 6.17 Å². The molecule has 1 N–H and O–H groups in total. The number of fused-ring (bicyclic) bond motifs is 3. The Hall–Kier alpha value is -2.20. The average molecular weight is 321 g/mol. The predicted molar refractivity (Wildman–Crippen MR) is 97.1 cm³/mol. The van der Waals surface area contributed by atoms with E-state index < -0.39 is 0 Å². The minimum absolute atomic E-state index is 0.0307. The van der Waals surface area contributed by atoms with Crippen LogP contribution in [-0.4, -0.2) is 16.0 Å². The van der Waals surface area contributed by atoms with Gasteiger partial charge >= 0.3 is 0 Å². The molecule has 0 bridgehead atoms. The SMILES string of the molecule is CSc1ccc([C@H]2Nc3c(C)cccc3-c3cc(C)nn32)cc1. The molecule has 0 aliphatic carbocycles. The van der Waals surface area contributed by atoms with E-state index in [1.807, 2.05) is 0 Å². The van der Waals surface area contributed by atoms with Crippen molar-refractivity contribution in [3.05, 3.63) is 65.4 Å². The van der Waals surface area contributed by atoms with Gasteiger partial charge in [0, 0.05) is 16.1 Å². The van der Waals surface area contributed by atoms with Gasteiger partial charge in [0.15, 0.2) is 0 Å². The minimum atomic E-state index is 0.0307. The monoisotopic (exact) mass is 321 g/mol. The molecule has 1 aliphatic heterocycles. The zero-order valence-corrected chi connectivity index (χ0v) is 14.3. The Morgan fingerprint density at radius 2 is 1.87 bits per heavy atom. The van der Waals surface area contributed by atoms with E-state index in [4.69, 9.17) is 5.10 Å². The van der Waals surface area contributed by atoms with Gasteiger partial charge in [-0.05, 0) is 49.4 Å². The number of nitrogens with one attached hydrogen (secondary N) is 1.